The van der Waals surface area contributed by atoms with E-state index in [-0.39, 0.29) is 11.1 Å². The molecule has 0 atom stereocenters. The zero-order valence-electron chi connectivity index (χ0n) is 8.48. The van der Waals surface area contributed by atoms with Crippen LogP contribution in [0.1, 0.15) is 19.4 Å². The standard InChI is InChI=1S/C10H12BrF2NO/c1-10(2,5-15-14)6-3-4-7(12)8(11)9(6)13/h3-4H,5,14H2,1-2H3. The molecule has 15 heavy (non-hydrogen) atoms. The first-order chi connectivity index (χ1) is 6.90. The molecule has 2 nitrogen and oxygen atoms in total. The second-order valence-corrected chi connectivity index (χ2v) is 4.71. The Morgan fingerprint density at radius 3 is 2.53 bits per heavy atom. The smallest absolute Gasteiger partial charge is 0.144 e. The van der Waals surface area contributed by atoms with Gasteiger partial charge in [-0.25, -0.2) is 14.7 Å². The highest BCUT2D eigenvalue weighted by molar-refractivity contribution is 9.10. The molecule has 0 bridgehead atoms. The van der Waals surface area contributed by atoms with E-state index >= 15 is 0 Å². The summed E-state index contributed by atoms with van der Waals surface area (Å²) in [6.07, 6.45) is 0. The molecule has 0 saturated carbocycles. The molecule has 0 aliphatic carbocycles. The Bertz CT molecular complexity index is 369. The van der Waals surface area contributed by atoms with Crippen LogP contribution in [0.2, 0.25) is 0 Å². The summed E-state index contributed by atoms with van der Waals surface area (Å²) in [6, 6.07) is 2.61. The number of hydrogen-bond donors (Lipinski definition) is 1. The van der Waals surface area contributed by atoms with Crippen LogP contribution in [-0.4, -0.2) is 6.61 Å². The van der Waals surface area contributed by atoms with Crippen molar-refractivity contribution in [1.29, 1.82) is 0 Å². The summed E-state index contributed by atoms with van der Waals surface area (Å²) in [5, 5.41) is 0. The fourth-order valence-corrected chi connectivity index (χ4v) is 1.68. The minimum Gasteiger partial charge on any atom is -0.304 e. The van der Waals surface area contributed by atoms with E-state index in [2.05, 4.69) is 20.8 Å². The third-order valence-corrected chi connectivity index (χ3v) is 2.94. The van der Waals surface area contributed by atoms with Crippen molar-refractivity contribution in [3.05, 3.63) is 33.8 Å². The summed E-state index contributed by atoms with van der Waals surface area (Å²) in [6.45, 7) is 3.69. The van der Waals surface area contributed by atoms with Crippen molar-refractivity contribution in [2.24, 2.45) is 5.90 Å². The summed E-state index contributed by atoms with van der Waals surface area (Å²) in [4.78, 5) is 4.51. The Morgan fingerprint density at radius 1 is 1.40 bits per heavy atom. The molecule has 1 rings (SSSR count). The predicted molar refractivity (Wildman–Crippen MR) is 57.2 cm³/mol. The summed E-state index contributed by atoms with van der Waals surface area (Å²) >= 11 is 2.85. The predicted octanol–water partition coefficient (Wildman–Crippen LogP) is 2.90. The molecule has 0 amide bonds. The molecular formula is C10H12BrF2NO. The van der Waals surface area contributed by atoms with Gasteiger partial charge in [0.15, 0.2) is 0 Å². The molecule has 0 radical (unpaired) electrons. The molecule has 0 aliphatic rings. The first-order valence-electron chi connectivity index (χ1n) is 4.36. The van der Waals surface area contributed by atoms with Crippen molar-refractivity contribution >= 4 is 15.9 Å². The molecular weight excluding hydrogens is 268 g/mol. The van der Waals surface area contributed by atoms with Crippen LogP contribution >= 0.6 is 15.9 Å². The van der Waals surface area contributed by atoms with Gasteiger partial charge in [0.25, 0.3) is 0 Å². The molecule has 1 aromatic rings. The lowest BCUT2D eigenvalue weighted by Crippen LogP contribution is -2.27. The average molecular weight is 280 g/mol. The zero-order chi connectivity index (χ0) is 11.6. The SMILES string of the molecule is CC(C)(CON)c1ccc(F)c(Br)c1F. The summed E-state index contributed by atoms with van der Waals surface area (Å²) in [7, 11) is 0. The third-order valence-electron chi connectivity index (χ3n) is 2.21. The van der Waals surface area contributed by atoms with Crippen LogP contribution in [0.5, 0.6) is 0 Å². The molecule has 1 aromatic carbocycles. The first-order valence-corrected chi connectivity index (χ1v) is 5.15. The fourth-order valence-electron chi connectivity index (χ4n) is 1.33. The van der Waals surface area contributed by atoms with Crippen molar-refractivity contribution in [3.8, 4) is 0 Å². The number of benzene rings is 1. The van der Waals surface area contributed by atoms with Gasteiger partial charge in [0.2, 0.25) is 0 Å². The number of hydrogen-bond acceptors (Lipinski definition) is 2. The highest BCUT2D eigenvalue weighted by atomic mass is 79.9. The first kappa shape index (κ1) is 12.5. The van der Waals surface area contributed by atoms with Gasteiger partial charge in [-0.15, -0.1) is 0 Å². The molecule has 0 unspecified atom stereocenters. The van der Waals surface area contributed by atoms with E-state index in [0.29, 0.717) is 5.56 Å². The Kier molecular flexibility index (Phi) is 3.81. The van der Waals surface area contributed by atoms with E-state index < -0.39 is 17.0 Å². The topological polar surface area (TPSA) is 35.2 Å². The van der Waals surface area contributed by atoms with Crippen LogP contribution < -0.4 is 5.90 Å². The summed E-state index contributed by atoms with van der Waals surface area (Å²) < 4.78 is 26.5. The van der Waals surface area contributed by atoms with Gasteiger partial charge < -0.3 is 4.84 Å². The molecule has 5 heteroatoms. The summed E-state index contributed by atoms with van der Waals surface area (Å²) in [5.74, 6) is 3.72. The van der Waals surface area contributed by atoms with Gasteiger partial charge in [0, 0.05) is 5.41 Å². The maximum absolute atomic E-state index is 13.7. The Balaban J connectivity index is 3.21. The van der Waals surface area contributed by atoms with Gasteiger partial charge in [-0.2, -0.15) is 0 Å². The van der Waals surface area contributed by atoms with Crippen molar-refractivity contribution in [3.63, 3.8) is 0 Å². The van der Waals surface area contributed by atoms with Gasteiger partial charge in [-0.1, -0.05) is 19.9 Å². The van der Waals surface area contributed by atoms with Gasteiger partial charge in [0.1, 0.15) is 11.6 Å². The van der Waals surface area contributed by atoms with Crippen LogP contribution in [0.25, 0.3) is 0 Å². The van der Waals surface area contributed by atoms with Crippen LogP contribution in [-0.2, 0) is 10.3 Å². The Morgan fingerprint density at radius 2 is 2.00 bits per heavy atom. The van der Waals surface area contributed by atoms with Crippen molar-refractivity contribution in [2.45, 2.75) is 19.3 Å². The minimum atomic E-state index is -0.624. The van der Waals surface area contributed by atoms with Crippen LogP contribution in [0, 0.1) is 11.6 Å². The van der Waals surface area contributed by atoms with E-state index in [9.17, 15) is 8.78 Å². The molecule has 0 aliphatic heterocycles. The van der Waals surface area contributed by atoms with E-state index in [1.54, 1.807) is 13.8 Å². The average Bonchev–Trinajstić information content (AvgIpc) is 2.13. The summed E-state index contributed by atoms with van der Waals surface area (Å²) in [5.41, 5.74) is -0.240. The van der Waals surface area contributed by atoms with Crippen molar-refractivity contribution < 1.29 is 13.6 Å². The third kappa shape index (κ3) is 2.53. The zero-order valence-corrected chi connectivity index (χ0v) is 10.1. The van der Waals surface area contributed by atoms with Crippen molar-refractivity contribution in [1.82, 2.24) is 0 Å². The second-order valence-electron chi connectivity index (χ2n) is 3.92. The highest BCUT2D eigenvalue weighted by Gasteiger charge is 2.26. The van der Waals surface area contributed by atoms with E-state index in [4.69, 9.17) is 5.90 Å². The van der Waals surface area contributed by atoms with Crippen LogP contribution in [0.3, 0.4) is 0 Å². The Hall–Kier alpha value is -0.520. The monoisotopic (exact) mass is 279 g/mol. The molecule has 84 valence electrons. The van der Waals surface area contributed by atoms with E-state index in [0.717, 1.165) is 0 Å². The van der Waals surface area contributed by atoms with E-state index in [1.165, 1.54) is 12.1 Å². The van der Waals surface area contributed by atoms with Gasteiger partial charge in [0.05, 0.1) is 11.1 Å². The molecule has 0 aromatic heterocycles. The molecule has 2 N–H and O–H groups in total. The largest absolute Gasteiger partial charge is 0.304 e. The lowest BCUT2D eigenvalue weighted by Gasteiger charge is -2.24. The lowest BCUT2D eigenvalue weighted by atomic mass is 9.85. The second kappa shape index (κ2) is 4.55. The normalized spacial score (nSPS) is 11.9. The van der Waals surface area contributed by atoms with Gasteiger partial charge >= 0.3 is 0 Å². The van der Waals surface area contributed by atoms with Crippen LogP contribution in [0.15, 0.2) is 16.6 Å². The Labute approximate surface area is 95.5 Å². The maximum Gasteiger partial charge on any atom is 0.144 e. The fraction of sp³-hybridized carbons (Fsp3) is 0.400. The maximum atomic E-state index is 13.7. The number of halogens is 3. The van der Waals surface area contributed by atoms with Gasteiger partial charge in [-0.05, 0) is 27.6 Å². The highest BCUT2D eigenvalue weighted by Crippen LogP contribution is 2.31. The van der Waals surface area contributed by atoms with Crippen LogP contribution in [0.4, 0.5) is 8.78 Å². The molecule has 0 saturated heterocycles. The van der Waals surface area contributed by atoms with Gasteiger partial charge in [-0.3, -0.25) is 0 Å². The number of rotatable bonds is 3. The number of nitrogens with two attached hydrogens (primary N) is 1. The molecule has 0 spiro atoms. The molecule has 0 heterocycles. The molecule has 0 fully saturated rings. The lowest BCUT2D eigenvalue weighted by molar-refractivity contribution is 0.0950. The quantitative estimate of drug-likeness (QED) is 0.682. The van der Waals surface area contributed by atoms with E-state index in [1.807, 2.05) is 0 Å². The minimum absolute atomic E-state index is 0.155. The van der Waals surface area contributed by atoms with Crippen molar-refractivity contribution in [2.75, 3.05) is 6.61 Å².